The lowest BCUT2D eigenvalue weighted by Crippen LogP contribution is -2.28. The van der Waals surface area contributed by atoms with Crippen LogP contribution in [0, 0.1) is 11.3 Å². The summed E-state index contributed by atoms with van der Waals surface area (Å²) in [5, 5.41) is 14.4. The van der Waals surface area contributed by atoms with Gasteiger partial charge in [-0.1, -0.05) is 37.3 Å². The maximum absolute atomic E-state index is 8.89. The second-order valence-corrected chi connectivity index (χ2v) is 6.05. The van der Waals surface area contributed by atoms with Crippen molar-refractivity contribution in [3.05, 3.63) is 47.6 Å². The molecule has 0 fully saturated rings. The molecule has 0 spiro atoms. The number of benzene rings is 1. The van der Waals surface area contributed by atoms with Crippen LogP contribution in [0.3, 0.4) is 0 Å². The number of rotatable bonds is 6. The summed E-state index contributed by atoms with van der Waals surface area (Å²) in [5.74, 6) is 0. The van der Waals surface area contributed by atoms with Crippen LogP contribution in [0.25, 0.3) is 16.2 Å². The average molecular weight is 310 g/mol. The van der Waals surface area contributed by atoms with Crippen LogP contribution >= 0.6 is 11.3 Å². The van der Waals surface area contributed by atoms with Crippen molar-refractivity contribution in [2.45, 2.75) is 32.4 Å². The minimum Gasteiger partial charge on any atom is -0.307 e. The van der Waals surface area contributed by atoms with E-state index in [2.05, 4.69) is 41.0 Å². The zero-order valence-corrected chi connectivity index (χ0v) is 13.3. The Morgan fingerprint density at radius 1 is 1.36 bits per heavy atom. The molecule has 0 bridgehead atoms. The fraction of sp³-hybridized carbons (Fsp3) is 0.294. The van der Waals surface area contributed by atoms with Crippen LogP contribution in [0.4, 0.5) is 0 Å². The number of imidazole rings is 1. The molecule has 112 valence electrons. The van der Waals surface area contributed by atoms with E-state index in [1.165, 1.54) is 0 Å². The van der Waals surface area contributed by atoms with Gasteiger partial charge in [0.05, 0.1) is 23.9 Å². The molecule has 5 heteroatoms. The lowest BCUT2D eigenvalue weighted by atomic mass is 10.1. The zero-order chi connectivity index (χ0) is 15.4. The number of nitrogens with one attached hydrogen (secondary N) is 1. The monoisotopic (exact) mass is 310 g/mol. The SMILES string of the molecule is CCC(CC#N)NCc1c(-c2ccccc2)nc2sccn12. The molecule has 1 N–H and O–H groups in total. The van der Waals surface area contributed by atoms with Gasteiger partial charge in [0, 0.05) is 29.7 Å². The average Bonchev–Trinajstić information content (AvgIpc) is 3.13. The van der Waals surface area contributed by atoms with Crippen molar-refractivity contribution in [1.82, 2.24) is 14.7 Å². The Hall–Kier alpha value is -2.16. The predicted molar refractivity (Wildman–Crippen MR) is 89.7 cm³/mol. The largest absolute Gasteiger partial charge is 0.307 e. The van der Waals surface area contributed by atoms with Gasteiger partial charge in [-0.2, -0.15) is 5.26 Å². The first-order valence-corrected chi connectivity index (χ1v) is 8.31. The van der Waals surface area contributed by atoms with Crippen LogP contribution in [0.2, 0.25) is 0 Å². The lowest BCUT2D eigenvalue weighted by molar-refractivity contribution is 0.500. The molecule has 2 heterocycles. The van der Waals surface area contributed by atoms with Crippen molar-refractivity contribution in [3.63, 3.8) is 0 Å². The van der Waals surface area contributed by atoms with Crippen molar-refractivity contribution >= 4 is 16.3 Å². The third-order valence-electron chi connectivity index (χ3n) is 3.80. The molecule has 0 aliphatic rings. The summed E-state index contributed by atoms with van der Waals surface area (Å²) in [6, 6.07) is 12.7. The maximum Gasteiger partial charge on any atom is 0.194 e. The third-order valence-corrected chi connectivity index (χ3v) is 4.55. The summed E-state index contributed by atoms with van der Waals surface area (Å²) in [6.45, 7) is 2.81. The van der Waals surface area contributed by atoms with Gasteiger partial charge in [-0.15, -0.1) is 11.3 Å². The molecular formula is C17H18N4S. The number of fused-ring (bicyclic) bond motifs is 1. The van der Waals surface area contributed by atoms with E-state index < -0.39 is 0 Å². The molecule has 2 aromatic heterocycles. The van der Waals surface area contributed by atoms with E-state index in [1.807, 2.05) is 23.6 Å². The molecule has 0 aliphatic heterocycles. The highest BCUT2D eigenvalue weighted by Crippen LogP contribution is 2.26. The molecule has 0 saturated heterocycles. The van der Waals surface area contributed by atoms with Gasteiger partial charge in [-0.3, -0.25) is 4.40 Å². The smallest absolute Gasteiger partial charge is 0.194 e. The molecule has 4 nitrogen and oxygen atoms in total. The van der Waals surface area contributed by atoms with Gasteiger partial charge in [-0.05, 0) is 6.42 Å². The molecule has 0 saturated carbocycles. The molecular weight excluding hydrogens is 292 g/mol. The van der Waals surface area contributed by atoms with Gasteiger partial charge < -0.3 is 5.32 Å². The van der Waals surface area contributed by atoms with E-state index in [4.69, 9.17) is 10.2 Å². The summed E-state index contributed by atoms with van der Waals surface area (Å²) >= 11 is 1.64. The summed E-state index contributed by atoms with van der Waals surface area (Å²) in [7, 11) is 0. The van der Waals surface area contributed by atoms with Gasteiger partial charge >= 0.3 is 0 Å². The van der Waals surface area contributed by atoms with Gasteiger partial charge in [0.15, 0.2) is 4.96 Å². The van der Waals surface area contributed by atoms with E-state index in [-0.39, 0.29) is 6.04 Å². The Kier molecular flexibility index (Phi) is 4.52. The van der Waals surface area contributed by atoms with Crippen LogP contribution in [-0.2, 0) is 6.54 Å². The molecule has 0 aliphatic carbocycles. The second-order valence-electron chi connectivity index (χ2n) is 5.18. The number of hydrogen-bond donors (Lipinski definition) is 1. The van der Waals surface area contributed by atoms with E-state index in [1.54, 1.807) is 11.3 Å². The molecule has 3 aromatic rings. The molecule has 22 heavy (non-hydrogen) atoms. The molecule has 1 unspecified atom stereocenters. The van der Waals surface area contributed by atoms with Crippen molar-refractivity contribution in [2.24, 2.45) is 0 Å². The van der Waals surface area contributed by atoms with Crippen molar-refractivity contribution in [3.8, 4) is 17.3 Å². The molecule has 0 amide bonds. The van der Waals surface area contributed by atoms with E-state index in [9.17, 15) is 0 Å². The minimum absolute atomic E-state index is 0.220. The van der Waals surface area contributed by atoms with Gasteiger partial charge in [-0.25, -0.2) is 4.98 Å². The highest BCUT2D eigenvalue weighted by molar-refractivity contribution is 7.15. The summed E-state index contributed by atoms with van der Waals surface area (Å²) in [6.07, 6.45) is 3.53. The predicted octanol–water partition coefficient (Wildman–Crippen LogP) is 3.84. The van der Waals surface area contributed by atoms with Crippen molar-refractivity contribution in [2.75, 3.05) is 0 Å². The van der Waals surface area contributed by atoms with Crippen LogP contribution in [-0.4, -0.2) is 15.4 Å². The fourth-order valence-corrected chi connectivity index (χ4v) is 3.27. The number of nitriles is 1. The van der Waals surface area contributed by atoms with Gasteiger partial charge in [0.1, 0.15) is 0 Å². The number of aromatic nitrogens is 2. The van der Waals surface area contributed by atoms with Crippen LogP contribution in [0.15, 0.2) is 41.9 Å². The van der Waals surface area contributed by atoms with Crippen LogP contribution < -0.4 is 5.32 Å². The molecule has 0 radical (unpaired) electrons. The highest BCUT2D eigenvalue weighted by Gasteiger charge is 2.15. The molecule has 1 atom stereocenters. The van der Waals surface area contributed by atoms with E-state index in [0.717, 1.165) is 28.3 Å². The summed E-state index contributed by atoms with van der Waals surface area (Å²) in [4.78, 5) is 5.77. The van der Waals surface area contributed by atoms with Gasteiger partial charge in [0.2, 0.25) is 0 Å². The normalized spacial score (nSPS) is 12.4. The fourth-order valence-electron chi connectivity index (χ4n) is 2.54. The van der Waals surface area contributed by atoms with Crippen molar-refractivity contribution < 1.29 is 0 Å². The Morgan fingerprint density at radius 3 is 2.91 bits per heavy atom. The standard InChI is InChI=1S/C17H18N4S/c1-2-14(8-9-18)19-12-15-16(13-6-4-3-5-7-13)20-17-21(15)10-11-22-17/h3-7,10-11,14,19H,2,8,12H2,1H3. The third kappa shape index (κ3) is 2.89. The Bertz CT molecular complexity index is 782. The Balaban J connectivity index is 1.93. The van der Waals surface area contributed by atoms with Crippen LogP contribution in [0.1, 0.15) is 25.5 Å². The van der Waals surface area contributed by atoms with Crippen molar-refractivity contribution in [1.29, 1.82) is 5.26 Å². The van der Waals surface area contributed by atoms with Gasteiger partial charge in [0.25, 0.3) is 0 Å². The first kappa shape index (κ1) is 14.8. The summed E-state index contributed by atoms with van der Waals surface area (Å²) < 4.78 is 2.14. The highest BCUT2D eigenvalue weighted by atomic mass is 32.1. The first-order chi connectivity index (χ1) is 10.8. The summed E-state index contributed by atoms with van der Waals surface area (Å²) in [5.41, 5.74) is 3.30. The maximum atomic E-state index is 8.89. The molecule has 3 rings (SSSR count). The number of hydrogen-bond acceptors (Lipinski definition) is 4. The minimum atomic E-state index is 0.220. The Morgan fingerprint density at radius 2 is 2.18 bits per heavy atom. The topological polar surface area (TPSA) is 53.1 Å². The van der Waals surface area contributed by atoms with E-state index >= 15 is 0 Å². The number of nitrogens with zero attached hydrogens (tertiary/aromatic N) is 3. The quantitative estimate of drug-likeness (QED) is 0.752. The Labute approximate surface area is 134 Å². The number of thiazole rings is 1. The van der Waals surface area contributed by atoms with Crippen LogP contribution in [0.5, 0.6) is 0 Å². The second kappa shape index (κ2) is 6.73. The lowest BCUT2D eigenvalue weighted by Gasteiger charge is -2.14. The van der Waals surface area contributed by atoms with E-state index in [0.29, 0.717) is 13.0 Å². The first-order valence-electron chi connectivity index (χ1n) is 7.43. The molecule has 1 aromatic carbocycles. The zero-order valence-electron chi connectivity index (χ0n) is 12.5.